The van der Waals surface area contributed by atoms with Gasteiger partial charge < -0.3 is 47.4 Å². The molecule has 0 N–H and O–H groups in total. The van der Waals surface area contributed by atoms with Gasteiger partial charge in [-0.05, 0) is 120 Å². The van der Waals surface area contributed by atoms with Crippen molar-refractivity contribution in [1.29, 1.82) is 0 Å². The van der Waals surface area contributed by atoms with Gasteiger partial charge in [-0.3, -0.25) is 0 Å². The largest absolute Gasteiger partial charge is 0.458 e. The van der Waals surface area contributed by atoms with E-state index in [1.54, 1.807) is 28.4 Å². The molecule has 0 saturated heterocycles. The van der Waals surface area contributed by atoms with Gasteiger partial charge >= 0.3 is 23.9 Å². The van der Waals surface area contributed by atoms with Crippen LogP contribution in [-0.2, 0) is 77.7 Å². The molecule has 0 amide bonds. The summed E-state index contributed by atoms with van der Waals surface area (Å²) in [5, 5.41) is 0. The van der Waals surface area contributed by atoms with Crippen LogP contribution >= 0.6 is 0 Å². The molecule has 6 aliphatic rings. The van der Waals surface area contributed by atoms with Crippen molar-refractivity contribution in [3.63, 3.8) is 0 Å². The Labute approximate surface area is 555 Å². The van der Waals surface area contributed by atoms with Crippen LogP contribution in [0.15, 0.2) is 172 Å². The van der Waals surface area contributed by atoms with Crippen LogP contribution in [0.4, 0.5) is 0 Å². The Morgan fingerprint density at radius 1 is 0.376 bits per heavy atom. The van der Waals surface area contributed by atoms with E-state index < -0.39 is 52.3 Å². The second-order valence-corrected chi connectivity index (χ2v) is 26.9. The van der Waals surface area contributed by atoms with Gasteiger partial charge in [0.1, 0.15) is 28.5 Å². The number of methoxy groups -OCH3 is 4. The van der Waals surface area contributed by atoms with Crippen LogP contribution in [0.3, 0.4) is 0 Å². The highest BCUT2D eigenvalue weighted by Crippen LogP contribution is 2.54. The third-order valence-corrected chi connectivity index (χ3v) is 20.5. The minimum Gasteiger partial charge on any atom is -0.458 e. The molecule has 6 fully saturated rings. The van der Waals surface area contributed by atoms with Gasteiger partial charge in [-0.1, -0.05) is 206 Å². The van der Waals surface area contributed by atoms with E-state index in [0.29, 0.717) is 0 Å². The van der Waals surface area contributed by atoms with Crippen molar-refractivity contribution in [3.8, 4) is 0 Å². The number of hydrogen-bond donors (Lipinski definition) is 0. The van der Waals surface area contributed by atoms with Crippen molar-refractivity contribution in [2.75, 3.05) is 28.4 Å². The van der Waals surface area contributed by atoms with Gasteiger partial charge in [-0.15, -0.1) is 0 Å². The fraction of sp³-hybridized carbons (Fsp3) is 0.544. The smallest absolute Gasteiger partial charge is 0.330 e. The number of carbonyl (C=O) groups is 4. The third kappa shape index (κ3) is 18.3. The number of benzene rings is 4. The van der Waals surface area contributed by atoms with Crippen LogP contribution in [0.2, 0.25) is 0 Å². The molecule has 0 aliphatic heterocycles. The lowest BCUT2D eigenvalue weighted by molar-refractivity contribution is -0.321. The summed E-state index contributed by atoms with van der Waals surface area (Å²) in [6.45, 7) is 22.3. The summed E-state index contributed by atoms with van der Waals surface area (Å²) in [5.41, 5.74) is 1.60. The molecule has 93 heavy (non-hydrogen) atoms. The molecule has 4 aromatic rings. The van der Waals surface area contributed by atoms with Gasteiger partial charge in [-0.25, -0.2) is 19.2 Å². The molecule has 6 saturated carbocycles. The summed E-state index contributed by atoms with van der Waals surface area (Å²) in [7, 11) is 6.60. The zero-order chi connectivity index (χ0) is 67.1. The lowest BCUT2D eigenvalue weighted by atomic mass is 9.66. The topological polar surface area (TPSA) is 161 Å². The molecular formula is C79H106O14. The summed E-state index contributed by atoms with van der Waals surface area (Å²) >= 11 is 0. The first-order chi connectivity index (χ1) is 44.8. The van der Waals surface area contributed by atoms with Crippen molar-refractivity contribution in [3.05, 3.63) is 194 Å². The molecule has 6 aliphatic carbocycles. The van der Waals surface area contributed by atoms with Crippen LogP contribution in [0.1, 0.15) is 197 Å². The average Bonchev–Trinajstić information content (AvgIpc) is 0.874. The van der Waals surface area contributed by atoms with Gasteiger partial charge in [0.2, 0.25) is 5.79 Å². The van der Waals surface area contributed by atoms with E-state index in [1.165, 1.54) is 74.0 Å². The fourth-order valence-corrected chi connectivity index (χ4v) is 15.4. The van der Waals surface area contributed by atoms with Crippen molar-refractivity contribution < 1.29 is 66.5 Å². The molecule has 0 radical (unpaired) electrons. The van der Waals surface area contributed by atoms with Crippen molar-refractivity contribution in [1.82, 2.24) is 0 Å². The Hall–Kier alpha value is -6.52. The standard InChI is InChI=1S/C23H26O4.C22H36O4.C21H22O2.C13H22O4/c1-4-20(24)27-21-22(25-2,18-12-7-5-8-13-18)16-11-17-23(21,26-3)19-14-9-6-10-15-19;1-4-19(23)24-20-21(2,3)15-16-22(20,25-17-11-7-5-8-12-17)26-18-13-9-6-10-14-18;1-2-20(22)23-21-18(16-10-5-3-6-11-16)14-9-15-19(21)17-12-7-4-8-13-17;1-6-10(14)17-11-12(2,15-4)8-7-9-13(11,3)16-5/h4-10,12-15,21H,1,11,16-17H2,2-3H3;4,17-18,20H,1,5-16H2,2-3H3;2-8,10-13,18-19,21H,1,9,14-15H2;6,11H,1,7-9H2,2-5H3. The molecule has 10 rings (SSSR count). The molecule has 14 nitrogen and oxygen atoms in total. The SMILES string of the molecule is C=CC(=O)OC1C(C)(C)CCC1(OC1CCCCC1)OC1CCCCC1.C=CC(=O)OC1C(C)(OC)CCCC1(C)OC.C=CC(=O)OC1C(OC)(c2ccccc2)CCCC1(OC)c1ccccc1.C=CC(=O)OC1C(c2ccccc2)CCCC1c1ccccc1. The van der Waals surface area contributed by atoms with Gasteiger partial charge in [0, 0.05) is 76.4 Å². The summed E-state index contributed by atoms with van der Waals surface area (Å²) < 4.78 is 59.8. The minimum atomic E-state index is -0.815. The van der Waals surface area contributed by atoms with Gasteiger partial charge in [0.05, 0.1) is 12.2 Å². The quantitative estimate of drug-likeness (QED) is 0.0356. The maximum Gasteiger partial charge on any atom is 0.330 e. The monoisotopic (exact) mass is 1280 g/mol. The molecule has 506 valence electrons. The highest BCUT2D eigenvalue weighted by atomic mass is 16.7. The summed E-state index contributed by atoms with van der Waals surface area (Å²) in [6, 6.07) is 40.6. The Balaban J connectivity index is 0.000000178. The van der Waals surface area contributed by atoms with Crippen LogP contribution in [0.5, 0.6) is 0 Å². The molecule has 0 bridgehead atoms. The van der Waals surface area contributed by atoms with E-state index in [9.17, 15) is 19.2 Å². The lowest BCUT2D eigenvalue weighted by Gasteiger charge is -2.52. The van der Waals surface area contributed by atoms with E-state index in [0.717, 1.165) is 107 Å². The minimum absolute atomic E-state index is 0.140. The molecule has 14 heteroatoms. The van der Waals surface area contributed by atoms with Crippen LogP contribution < -0.4 is 0 Å². The molecule has 7 atom stereocenters. The molecular weight excluding hydrogens is 1170 g/mol. The summed E-state index contributed by atoms with van der Waals surface area (Å²) in [5.74, 6) is -1.97. The van der Waals surface area contributed by atoms with Crippen LogP contribution in [0, 0.1) is 5.41 Å². The maximum atomic E-state index is 12.3. The predicted molar refractivity (Wildman–Crippen MR) is 363 cm³/mol. The lowest BCUT2D eigenvalue weighted by Crippen LogP contribution is -2.60. The van der Waals surface area contributed by atoms with E-state index in [1.807, 2.05) is 111 Å². The molecule has 4 aromatic carbocycles. The Kier molecular flexibility index (Phi) is 27.6. The first-order valence-electron chi connectivity index (χ1n) is 33.9. The molecule has 0 aromatic heterocycles. The number of rotatable bonds is 20. The Bertz CT molecular complexity index is 2850. The van der Waals surface area contributed by atoms with Gasteiger partial charge in [0.15, 0.2) is 18.3 Å². The van der Waals surface area contributed by atoms with E-state index in [-0.39, 0.29) is 53.6 Å². The maximum absolute atomic E-state index is 12.3. The molecule has 0 heterocycles. The number of esters is 4. The zero-order valence-corrected chi connectivity index (χ0v) is 56.9. The average molecular weight is 1280 g/mol. The van der Waals surface area contributed by atoms with E-state index in [2.05, 4.69) is 64.4 Å². The van der Waals surface area contributed by atoms with Gasteiger partial charge in [-0.2, -0.15) is 0 Å². The van der Waals surface area contributed by atoms with Crippen molar-refractivity contribution in [2.45, 2.75) is 239 Å². The van der Waals surface area contributed by atoms with E-state index >= 15 is 0 Å². The van der Waals surface area contributed by atoms with Crippen LogP contribution in [-0.4, -0.2) is 106 Å². The fourth-order valence-electron chi connectivity index (χ4n) is 15.4. The Morgan fingerprint density at radius 2 is 0.731 bits per heavy atom. The van der Waals surface area contributed by atoms with Crippen molar-refractivity contribution in [2.24, 2.45) is 5.41 Å². The third-order valence-electron chi connectivity index (χ3n) is 20.5. The zero-order valence-electron chi connectivity index (χ0n) is 56.9. The van der Waals surface area contributed by atoms with Gasteiger partial charge in [0.25, 0.3) is 0 Å². The second kappa shape index (κ2) is 34.8. The number of hydrogen-bond acceptors (Lipinski definition) is 14. The molecule has 0 spiro atoms. The number of ether oxygens (including phenoxy) is 10. The predicted octanol–water partition coefficient (Wildman–Crippen LogP) is 16.6. The summed E-state index contributed by atoms with van der Waals surface area (Å²) in [4.78, 5) is 47.7. The first-order valence-corrected chi connectivity index (χ1v) is 33.9. The van der Waals surface area contributed by atoms with E-state index in [4.69, 9.17) is 47.4 Å². The van der Waals surface area contributed by atoms with Crippen molar-refractivity contribution >= 4 is 23.9 Å². The highest BCUT2D eigenvalue weighted by Gasteiger charge is 2.61. The number of carbonyl (C=O) groups excluding carboxylic acids is 4. The second-order valence-electron chi connectivity index (χ2n) is 26.9. The summed E-state index contributed by atoms with van der Waals surface area (Å²) in [6.07, 6.45) is 25.4. The highest BCUT2D eigenvalue weighted by molar-refractivity contribution is 5.82. The normalized spacial score (nSPS) is 29.0. The first kappa shape index (κ1) is 73.9. The Morgan fingerprint density at radius 3 is 1.11 bits per heavy atom. The molecule has 7 unspecified atom stereocenters. The van der Waals surface area contributed by atoms with Crippen LogP contribution in [0.25, 0.3) is 0 Å².